The molecule has 0 unspecified atom stereocenters. The van der Waals surface area contributed by atoms with Gasteiger partial charge in [-0.25, -0.2) is 14.8 Å². The minimum absolute atomic E-state index is 0.0738. The fraction of sp³-hybridized carbons (Fsp3) is 0.316. The quantitative estimate of drug-likeness (QED) is 0.689. The first kappa shape index (κ1) is 20.6. The molecule has 1 N–H and O–H groups in total. The number of ether oxygens (including phenoxy) is 2. The number of amidine groups is 1. The fourth-order valence-corrected chi connectivity index (χ4v) is 3.81. The third kappa shape index (κ3) is 4.83. The molecule has 1 amide bonds. The molecular formula is C19H20N4O5S. The van der Waals surface area contributed by atoms with E-state index in [0.29, 0.717) is 5.17 Å². The maximum atomic E-state index is 12.9. The van der Waals surface area contributed by atoms with E-state index >= 15 is 0 Å². The number of aromatic nitrogens is 2. The lowest BCUT2D eigenvalue weighted by atomic mass is 10.2. The van der Waals surface area contributed by atoms with Crippen molar-refractivity contribution >= 4 is 40.6 Å². The summed E-state index contributed by atoms with van der Waals surface area (Å²) in [5, 5.41) is -0.305. The molecular weight excluding hydrogens is 396 g/mol. The van der Waals surface area contributed by atoms with Crippen molar-refractivity contribution in [3.8, 4) is 0 Å². The van der Waals surface area contributed by atoms with Crippen LogP contribution in [0.5, 0.6) is 0 Å². The molecule has 0 saturated carbocycles. The highest BCUT2D eigenvalue weighted by molar-refractivity contribution is 8.15. The monoisotopic (exact) mass is 416 g/mol. The first-order valence-corrected chi connectivity index (χ1v) is 9.79. The van der Waals surface area contributed by atoms with Gasteiger partial charge in [-0.05, 0) is 12.5 Å². The minimum atomic E-state index is -0.658. The maximum Gasteiger partial charge on any atom is 0.358 e. The Morgan fingerprint density at radius 3 is 2.76 bits per heavy atom. The van der Waals surface area contributed by atoms with Crippen molar-refractivity contribution in [2.24, 2.45) is 4.99 Å². The third-order valence-corrected chi connectivity index (χ3v) is 5.26. The van der Waals surface area contributed by atoms with E-state index in [-0.39, 0.29) is 37.0 Å². The van der Waals surface area contributed by atoms with Gasteiger partial charge in [0.1, 0.15) is 5.25 Å². The summed E-state index contributed by atoms with van der Waals surface area (Å²) in [4.78, 5) is 49.4. The lowest BCUT2D eigenvalue weighted by Crippen LogP contribution is -2.32. The van der Waals surface area contributed by atoms with Gasteiger partial charge in [0.25, 0.3) is 0 Å². The number of nitrogens with zero attached hydrogens (tertiary/aromatic N) is 3. The van der Waals surface area contributed by atoms with Crippen LogP contribution in [-0.2, 0) is 25.6 Å². The predicted molar refractivity (Wildman–Crippen MR) is 107 cm³/mol. The molecule has 152 valence electrons. The normalized spacial score (nSPS) is 17.6. The maximum absolute atomic E-state index is 12.9. The number of thioether (sulfide) groups is 1. The Bertz CT molecular complexity index is 928. The summed E-state index contributed by atoms with van der Waals surface area (Å²) in [7, 11) is 1.28. The standard InChI is InChI=1S/C19H20N4O5S/c1-3-28-18(26)15-16(21-11-20-15)22-19-23(10-12-7-5-4-6-8-12)17(25)13(29-19)9-14(24)27-2/h4-8,11,13H,3,9-10H2,1-2H3,(H,20,21)/t13-/m1/s1. The van der Waals surface area contributed by atoms with Crippen molar-refractivity contribution in [3.63, 3.8) is 0 Å². The second-order valence-electron chi connectivity index (χ2n) is 6.01. The van der Waals surface area contributed by atoms with Gasteiger partial charge in [-0.2, -0.15) is 0 Å². The number of hydrogen-bond acceptors (Lipinski definition) is 8. The largest absolute Gasteiger partial charge is 0.469 e. The van der Waals surface area contributed by atoms with E-state index < -0.39 is 17.2 Å². The number of methoxy groups -OCH3 is 1. The number of esters is 2. The second kappa shape index (κ2) is 9.37. The Kier molecular flexibility index (Phi) is 6.65. The zero-order chi connectivity index (χ0) is 20.8. The van der Waals surface area contributed by atoms with E-state index in [2.05, 4.69) is 15.0 Å². The van der Waals surface area contributed by atoms with Gasteiger partial charge in [0.2, 0.25) is 5.91 Å². The first-order chi connectivity index (χ1) is 14.0. The number of aromatic amines is 1. The highest BCUT2D eigenvalue weighted by atomic mass is 32.2. The predicted octanol–water partition coefficient (Wildman–Crippen LogP) is 2.28. The zero-order valence-corrected chi connectivity index (χ0v) is 16.8. The highest BCUT2D eigenvalue weighted by Gasteiger charge is 2.39. The number of rotatable bonds is 7. The molecule has 0 radical (unpaired) electrons. The van der Waals surface area contributed by atoms with E-state index in [4.69, 9.17) is 9.47 Å². The molecule has 2 aromatic rings. The molecule has 1 aromatic carbocycles. The summed E-state index contributed by atoms with van der Waals surface area (Å²) in [6, 6.07) is 9.41. The van der Waals surface area contributed by atoms with Gasteiger partial charge in [-0.15, -0.1) is 0 Å². The number of hydrogen-bond donors (Lipinski definition) is 1. The fourth-order valence-electron chi connectivity index (χ4n) is 2.69. The number of nitrogens with one attached hydrogen (secondary N) is 1. The van der Waals surface area contributed by atoms with E-state index in [1.807, 2.05) is 30.3 Å². The van der Waals surface area contributed by atoms with Gasteiger partial charge >= 0.3 is 11.9 Å². The molecule has 1 atom stereocenters. The lowest BCUT2D eigenvalue weighted by molar-refractivity contribution is -0.142. The lowest BCUT2D eigenvalue weighted by Gasteiger charge is -2.16. The number of benzene rings is 1. The average molecular weight is 416 g/mol. The Labute approximate surface area is 171 Å². The van der Waals surface area contributed by atoms with Crippen molar-refractivity contribution in [1.29, 1.82) is 0 Å². The molecule has 29 heavy (non-hydrogen) atoms. The van der Waals surface area contributed by atoms with Crippen molar-refractivity contribution in [1.82, 2.24) is 14.9 Å². The van der Waals surface area contributed by atoms with E-state index in [0.717, 1.165) is 17.3 Å². The van der Waals surface area contributed by atoms with Gasteiger partial charge in [-0.1, -0.05) is 42.1 Å². The molecule has 10 heteroatoms. The van der Waals surface area contributed by atoms with Crippen LogP contribution in [0.25, 0.3) is 0 Å². The van der Waals surface area contributed by atoms with Gasteiger partial charge in [0, 0.05) is 0 Å². The van der Waals surface area contributed by atoms with Gasteiger partial charge in [-0.3, -0.25) is 14.5 Å². The van der Waals surface area contributed by atoms with Crippen LogP contribution in [0, 0.1) is 0 Å². The van der Waals surface area contributed by atoms with Crippen LogP contribution < -0.4 is 0 Å². The highest BCUT2D eigenvalue weighted by Crippen LogP contribution is 2.33. The minimum Gasteiger partial charge on any atom is -0.469 e. The van der Waals surface area contributed by atoms with E-state index in [1.165, 1.54) is 18.3 Å². The second-order valence-corrected chi connectivity index (χ2v) is 7.18. The Morgan fingerprint density at radius 2 is 2.07 bits per heavy atom. The van der Waals surface area contributed by atoms with Gasteiger partial charge < -0.3 is 14.5 Å². The summed E-state index contributed by atoms with van der Waals surface area (Å²) >= 11 is 1.14. The average Bonchev–Trinajstić information content (AvgIpc) is 3.29. The third-order valence-electron chi connectivity index (χ3n) is 4.08. The molecule has 1 fully saturated rings. The molecule has 3 rings (SSSR count). The van der Waals surface area contributed by atoms with Crippen molar-refractivity contribution < 1.29 is 23.9 Å². The molecule has 0 bridgehead atoms. The summed E-state index contributed by atoms with van der Waals surface area (Å²) < 4.78 is 9.69. The first-order valence-electron chi connectivity index (χ1n) is 8.91. The number of carbonyl (C=O) groups excluding carboxylic acids is 3. The number of aliphatic imine (C=N–C) groups is 1. The topological polar surface area (TPSA) is 114 Å². The van der Waals surface area contributed by atoms with Crippen LogP contribution in [0.4, 0.5) is 5.82 Å². The molecule has 9 nitrogen and oxygen atoms in total. The number of carbonyl (C=O) groups is 3. The Morgan fingerprint density at radius 1 is 1.31 bits per heavy atom. The number of H-pyrrole nitrogens is 1. The van der Waals surface area contributed by atoms with Crippen LogP contribution in [0.15, 0.2) is 41.7 Å². The smallest absolute Gasteiger partial charge is 0.358 e. The van der Waals surface area contributed by atoms with Crippen LogP contribution >= 0.6 is 11.8 Å². The summed E-state index contributed by atoms with van der Waals surface area (Å²) in [5.74, 6) is -1.20. The Balaban J connectivity index is 1.92. The van der Waals surface area contributed by atoms with Crippen LogP contribution in [0.3, 0.4) is 0 Å². The van der Waals surface area contributed by atoms with Crippen molar-refractivity contribution in [3.05, 3.63) is 47.9 Å². The number of imidazole rings is 1. The summed E-state index contributed by atoms with van der Waals surface area (Å²) in [6.45, 7) is 2.19. The van der Waals surface area contributed by atoms with Gasteiger partial charge in [0.05, 0.1) is 33.0 Å². The SMILES string of the molecule is CCOC(=O)c1[nH]cnc1N=C1S[C@H](CC(=O)OC)C(=O)N1Cc1ccccc1. The molecule has 1 saturated heterocycles. The molecule has 0 spiro atoms. The van der Waals surface area contributed by atoms with Crippen LogP contribution in [-0.4, -0.2) is 56.8 Å². The number of amides is 1. The Hall–Kier alpha value is -3.14. The summed E-state index contributed by atoms with van der Waals surface area (Å²) in [5.41, 5.74) is 1.00. The zero-order valence-electron chi connectivity index (χ0n) is 16.0. The van der Waals surface area contributed by atoms with Gasteiger partial charge in [0.15, 0.2) is 16.7 Å². The van der Waals surface area contributed by atoms with E-state index in [9.17, 15) is 14.4 Å². The molecule has 1 aliphatic heterocycles. The molecule has 1 aromatic heterocycles. The molecule has 0 aliphatic carbocycles. The summed E-state index contributed by atoms with van der Waals surface area (Å²) in [6.07, 6.45) is 1.26. The van der Waals surface area contributed by atoms with Crippen molar-refractivity contribution in [2.45, 2.75) is 25.1 Å². The van der Waals surface area contributed by atoms with Crippen LogP contribution in [0.2, 0.25) is 0 Å². The van der Waals surface area contributed by atoms with Crippen molar-refractivity contribution in [2.75, 3.05) is 13.7 Å². The molecule has 1 aliphatic rings. The van der Waals surface area contributed by atoms with Crippen LogP contribution in [0.1, 0.15) is 29.4 Å². The van der Waals surface area contributed by atoms with E-state index in [1.54, 1.807) is 6.92 Å². The molecule has 2 heterocycles.